The smallest absolute Gasteiger partial charge is 0.307 e. The van der Waals surface area contributed by atoms with Crippen LogP contribution in [0.2, 0.25) is 0 Å². The monoisotopic (exact) mass is 317 g/mol. The van der Waals surface area contributed by atoms with Crippen LogP contribution in [0, 0.1) is 0 Å². The van der Waals surface area contributed by atoms with Gasteiger partial charge in [0.2, 0.25) is 0 Å². The summed E-state index contributed by atoms with van der Waals surface area (Å²) < 4.78 is 10.7. The summed E-state index contributed by atoms with van der Waals surface area (Å²) in [4.78, 5) is 37.5. The molecular formula is C17H19NO5. The average Bonchev–Trinajstić information content (AvgIpc) is 3.10. The number of benzene rings is 1. The molecule has 6 nitrogen and oxygen atoms in total. The van der Waals surface area contributed by atoms with E-state index in [1.54, 1.807) is 31.4 Å². The molecule has 0 radical (unpaired) electrons. The van der Waals surface area contributed by atoms with Crippen LogP contribution in [0.15, 0.2) is 24.3 Å². The van der Waals surface area contributed by atoms with Crippen molar-refractivity contribution in [3.8, 4) is 0 Å². The molecule has 0 unspecified atom stereocenters. The Labute approximate surface area is 134 Å². The van der Waals surface area contributed by atoms with Crippen molar-refractivity contribution >= 4 is 17.8 Å². The molecule has 6 heteroatoms. The quantitative estimate of drug-likeness (QED) is 0.611. The molecule has 0 aromatic heterocycles. The highest BCUT2D eigenvalue weighted by Crippen LogP contribution is 2.25. The van der Waals surface area contributed by atoms with E-state index in [9.17, 15) is 14.4 Å². The van der Waals surface area contributed by atoms with E-state index in [2.05, 4.69) is 0 Å². The zero-order valence-electron chi connectivity index (χ0n) is 13.0. The zero-order valence-corrected chi connectivity index (χ0v) is 13.0. The van der Waals surface area contributed by atoms with Gasteiger partial charge in [-0.25, -0.2) is 0 Å². The van der Waals surface area contributed by atoms with Crippen LogP contribution in [0.5, 0.6) is 0 Å². The molecule has 2 atom stereocenters. The van der Waals surface area contributed by atoms with Crippen LogP contribution >= 0.6 is 0 Å². The lowest BCUT2D eigenvalue weighted by atomic mass is 10.1. The molecule has 122 valence electrons. The predicted molar refractivity (Wildman–Crippen MR) is 81.0 cm³/mol. The Kier molecular flexibility index (Phi) is 4.43. The number of methoxy groups -OCH3 is 1. The highest BCUT2D eigenvalue weighted by Gasteiger charge is 2.36. The number of fused-ring (bicyclic) bond motifs is 1. The summed E-state index contributed by atoms with van der Waals surface area (Å²) in [5.41, 5.74) is 0.780. The second kappa shape index (κ2) is 6.50. The summed E-state index contributed by atoms with van der Waals surface area (Å²) in [5, 5.41) is 0. The van der Waals surface area contributed by atoms with Gasteiger partial charge in [-0.1, -0.05) is 12.1 Å². The normalized spacial score (nSPS) is 23.3. The number of amides is 2. The fraction of sp³-hybridized carbons (Fsp3) is 0.471. The van der Waals surface area contributed by atoms with Gasteiger partial charge in [0.05, 0.1) is 23.7 Å². The molecule has 23 heavy (non-hydrogen) atoms. The number of nitrogens with zero attached hydrogens (tertiary/aromatic N) is 1. The summed E-state index contributed by atoms with van der Waals surface area (Å²) in [6.07, 6.45) is 2.35. The van der Waals surface area contributed by atoms with E-state index in [-0.39, 0.29) is 37.0 Å². The standard InChI is InChI=1S/C17H19NO5/c1-22-13-7-4-8-14(13)23-15(19)9-10-18-16(20)11-5-2-3-6-12(11)17(18)21/h2-3,5-6,13-14H,4,7-10H2,1H3/t13-,14-/m0/s1. The van der Waals surface area contributed by atoms with Gasteiger partial charge in [-0.15, -0.1) is 0 Å². The van der Waals surface area contributed by atoms with Gasteiger partial charge in [-0.05, 0) is 31.4 Å². The Morgan fingerprint density at radius 1 is 1.13 bits per heavy atom. The minimum atomic E-state index is -0.407. The Balaban J connectivity index is 1.56. The first-order valence-corrected chi connectivity index (χ1v) is 7.79. The fourth-order valence-electron chi connectivity index (χ4n) is 3.17. The van der Waals surface area contributed by atoms with E-state index in [0.717, 1.165) is 24.2 Å². The van der Waals surface area contributed by atoms with Gasteiger partial charge >= 0.3 is 5.97 Å². The first kappa shape index (κ1) is 15.7. The highest BCUT2D eigenvalue weighted by atomic mass is 16.6. The van der Waals surface area contributed by atoms with Crippen molar-refractivity contribution in [1.29, 1.82) is 0 Å². The molecule has 3 rings (SSSR count). The van der Waals surface area contributed by atoms with Crippen LogP contribution in [0.1, 0.15) is 46.4 Å². The fourth-order valence-corrected chi connectivity index (χ4v) is 3.17. The van der Waals surface area contributed by atoms with Crippen molar-refractivity contribution in [2.45, 2.75) is 37.9 Å². The van der Waals surface area contributed by atoms with Gasteiger partial charge < -0.3 is 9.47 Å². The van der Waals surface area contributed by atoms with E-state index in [1.807, 2.05) is 0 Å². The van der Waals surface area contributed by atoms with Gasteiger partial charge in [0, 0.05) is 13.7 Å². The van der Waals surface area contributed by atoms with E-state index in [1.165, 1.54) is 0 Å². The Morgan fingerprint density at radius 3 is 2.35 bits per heavy atom. The number of carbonyl (C=O) groups is 3. The summed E-state index contributed by atoms with van der Waals surface area (Å²) in [5.74, 6) is -1.11. The first-order valence-electron chi connectivity index (χ1n) is 7.79. The maximum Gasteiger partial charge on any atom is 0.307 e. The van der Waals surface area contributed by atoms with Gasteiger partial charge in [-0.2, -0.15) is 0 Å². The van der Waals surface area contributed by atoms with Crippen molar-refractivity contribution in [2.24, 2.45) is 0 Å². The lowest BCUT2D eigenvalue weighted by Gasteiger charge is -2.19. The zero-order chi connectivity index (χ0) is 16.4. The molecule has 2 aliphatic rings. The molecule has 1 heterocycles. The maximum absolute atomic E-state index is 12.2. The minimum absolute atomic E-state index is 0.00158. The highest BCUT2D eigenvalue weighted by molar-refractivity contribution is 6.21. The maximum atomic E-state index is 12.2. The Hall–Kier alpha value is -2.21. The Bertz CT molecular complexity index is 607. The van der Waals surface area contributed by atoms with Crippen molar-refractivity contribution in [1.82, 2.24) is 4.90 Å². The van der Waals surface area contributed by atoms with Gasteiger partial charge in [0.15, 0.2) is 0 Å². The number of rotatable bonds is 5. The average molecular weight is 317 g/mol. The molecule has 1 fully saturated rings. The van der Waals surface area contributed by atoms with Crippen LogP contribution in [0.4, 0.5) is 0 Å². The second-order valence-corrected chi connectivity index (χ2v) is 5.79. The van der Waals surface area contributed by atoms with Crippen LogP contribution in [-0.4, -0.2) is 48.5 Å². The van der Waals surface area contributed by atoms with Crippen molar-refractivity contribution in [3.05, 3.63) is 35.4 Å². The van der Waals surface area contributed by atoms with Crippen LogP contribution < -0.4 is 0 Å². The topological polar surface area (TPSA) is 72.9 Å². The van der Waals surface area contributed by atoms with Crippen LogP contribution in [0.3, 0.4) is 0 Å². The number of carbonyl (C=O) groups excluding carboxylic acids is 3. The van der Waals surface area contributed by atoms with Gasteiger partial charge in [-0.3, -0.25) is 19.3 Å². The largest absolute Gasteiger partial charge is 0.460 e. The SMILES string of the molecule is CO[C@H]1CCC[C@@H]1OC(=O)CCN1C(=O)c2ccccc2C1=O. The third kappa shape index (κ3) is 2.99. The lowest BCUT2D eigenvalue weighted by Crippen LogP contribution is -2.33. The lowest BCUT2D eigenvalue weighted by molar-refractivity contribution is -0.154. The van der Waals surface area contributed by atoms with Gasteiger partial charge in [0.25, 0.3) is 11.8 Å². The van der Waals surface area contributed by atoms with Crippen molar-refractivity contribution in [2.75, 3.05) is 13.7 Å². The number of hydrogen-bond donors (Lipinski definition) is 0. The van der Waals surface area contributed by atoms with Crippen LogP contribution in [-0.2, 0) is 14.3 Å². The van der Waals surface area contributed by atoms with Crippen LogP contribution in [0.25, 0.3) is 0 Å². The molecular weight excluding hydrogens is 298 g/mol. The number of hydrogen-bond acceptors (Lipinski definition) is 5. The van der Waals surface area contributed by atoms with E-state index in [4.69, 9.17) is 9.47 Å². The molecule has 0 bridgehead atoms. The molecule has 2 amide bonds. The molecule has 1 aromatic carbocycles. The van der Waals surface area contributed by atoms with Gasteiger partial charge in [0.1, 0.15) is 6.10 Å². The molecule has 0 spiro atoms. The Morgan fingerprint density at radius 2 is 1.74 bits per heavy atom. The third-order valence-corrected chi connectivity index (χ3v) is 4.40. The summed E-state index contributed by atoms with van der Waals surface area (Å²) in [6.45, 7) is 0.0373. The second-order valence-electron chi connectivity index (χ2n) is 5.79. The molecule has 1 aromatic rings. The van der Waals surface area contributed by atoms with E-state index < -0.39 is 5.97 Å². The number of esters is 1. The number of imide groups is 1. The summed E-state index contributed by atoms with van der Waals surface area (Å²) in [6, 6.07) is 6.67. The predicted octanol–water partition coefficient (Wildman–Crippen LogP) is 1.78. The summed E-state index contributed by atoms with van der Waals surface area (Å²) in [7, 11) is 1.61. The molecule has 1 aliphatic heterocycles. The molecule has 0 N–H and O–H groups in total. The number of ether oxygens (including phenoxy) is 2. The molecule has 1 aliphatic carbocycles. The summed E-state index contributed by atoms with van der Waals surface area (Å²) >= 11 is 0. The van der Waals surface area contributed by atoms with Crippen molar-refractivity contribution < 1.29 is 23.9 Å². The first-order chi connectivity index (χ1) is 11.1. The van der Waals surface area contributed by atoms with E-state index >= 15 is 0 Å². The van der Waals surface area contributed by atoms with Crippen molar-refractivity contribution in [3.63, 3.8) is 0 Å². The molecule has 0 saturated heterocycles. The third-order valence-electron chi connectivity index (χ3n) is 4.40. The molecule has 1 saturated carbocycles. The van der Waals surface area contributed by atoms with E-state index in [0.29, 0.717) is 11.1 Å². The minimum Gasteiger partial charge on any atom is -0.460 e.